The number of aromatic nitrogens is 2. The highest BCUT2D eigenvalue weighted by molar-refractivity contribution is 6.32. The molecule has 2 N–H and O–H groups in total. The zero-order valence-corrected chi connectivity index (χ0v) is 17.6. The number of anilines is 1. The van der Waals surface area contributed by atoms with Gasteiger partial charge in [-0.05, 0) is 50.1 Å². The number of nitrogens with zero attached hydrogens (tertiary/aromatic N) is 2. The van der Waals surface area contributed by atoms with E-state index in [1.807, 2.05) is 26.0 Å². The predicted octanol–water partition coefficient (Wildman–Crippen LogP) is 3.18. The van der Waals surface area contributed by atoms with Crippen LogP contribution in [0.4, 0.5) is 5.69 Å². The third-order valence-corrected chi connectivity index (χ3v) is 5.01. The smallest absolute Gasteiger partial charge is 0.276 e. The largest absolute Gasteiger partial charge is 0.341 e. The first-order valence-electron chi connectivity index (χ1n) is 9.28. The Labute approximate surface area is 178 Å². The van der Waals surface area contributed by atoms with Crippen molar-refractivity contribution < 1.29 is 9.59 Å². The SMILES string of the molecule is Cc1cccc(NC(=O)CNC(=O)c2nn(-c3ccccc3Cl)c(C)cc2=O)c1C. The molecule has 3 aromatic rings. The number of benzene rings is 2. The molecule has 0 bridgehead atoms. The molecule has 1 aromatic heterocycles. The maximum atomic E-state index is 12.5. The highest BCUT2D eigenvalue weighted by atomic mass is 35.5. The number of para-hydroxylation sites is 1. The lowest BCUT2D eigenvalue weighted by molar-refractivity contribution is -0.115. The number of carbonyl (C=O) groups excluding carboxylic acids is 2. The van der Waals surface area contributed by atoms with Crippen LogP contribution < -0.4 is 16.1 Å². The van der Waals surface area contributed by atoms with Gasteiger partial charge in [-0.3, -0.25) is 14.4 Å². The molecule has 3 rings (SSSR count). The third kappa shape index (κ3) is 4.58. The number of amides is 2. The monoisotopic (exact) mass is 424 g/mol. The van der Waals surface area contributed by atoms with Crippen molar-refractivity contribution in [1.29, 1.82) is 0 Å². The van der Waals surface area contributed by atoms with E-state index in [0.29, 0.717) is 22.1 Å². The van der Waals surface area contributed by atoms with Crippen molar-refractivity contribution >= 4 is 29.1 Å². The van der Waals surface area contributed by atoms with Crippen LogP contribution in [0.2, 0.25) is 5.02 Å². The maximum absolute atomic E-state index is 12.5. The molecular formula is C22H21ClN4O3. The van der Waals surface area contributed by atoms with Gasteiger partial charge in [0.25, 0.3) is 5.91 Å². The molecule has 0 radical (unpaired) electrons. The minimum atomic E-state index is -0.739. The first-order valence-corrected chi connectivity index (χ1v) is 9.66. The Morgan fingerprint density at radius 2 is 1.80 bits per heavy atom. The molecular weight excluding hydrogens is 404 g/mol. The van der Waals surface area contributed by atoms with E-state index in [1.165, 1.54) is 10.7 Å². The summed E-state index contributed by atoms with van der Waals surface area (Å²) in [5, 5.41) is 9.79. The van der Waals surface area contributed by atoms with Crippen LogP contribution in [0.5, 0.6) is 0 Å². The van der Waals surface area contributed by atoms with Crippen molar-refractivity contribution in [3.8, 4) is 5.69 Å². The van der Waals surface area contributed by atoms with E-state index in [2.05, 4.69) is 15.7 Å². The van der Waals surface area contributed by atoms with Gasteiger partial charge in [-0.2, -0.15) is 5.10 Å². The molecule has 8 heteroatoms. The molecule has 7 nitrogen and oxygen atoms in total. The molecule has 2 amide bonds. The minimum Gasteiger partial charge on any atom is -0.341 e. The Bertz CT molecular complexity index is 1190. The Morgan fingerprint density at radius 1 is 1.07 bits per heavy atom. The summed E-state index contributed by atoms with van der Waals surface area (Å²) >= 11 is 6.21. The van der Waals surface area contributed by atoms with E-state index >= 15 is 0 Å². The number of aryl methyl sites for hydroxylation is 2. The van der Waals surface area contributed by atoms with Crippen LogP contribution in [0.25, 0.3) is 5.69 Å². The van der Waals surface area contributed by atoms with Crippen molar-refractivity contribution in [3.63, 3.8) is 0 Å². The highest BCUT2D eigenvalue weighted by Gasteiger charge is 2.17. The summed E-state index contributed by atoms with van der Waals surface area (Å²) < 4.78 is 1.43. The number of carbonyl (C=O) groups is 2. The van der Waals surface area contributed by atoms with Crippen molar-refractivity contribution in [3.05, 3.63) is 86.3 Å². The van der Waals surface area contributed by atoms with Gasteiger partial charge in [0.15, 0.2) is 5.69 Å². The van der Waals surface area contributed by atoms with Crippen molar-refractivity contribution in [2.75, 3.05) is 11.9 Å². The molecule has 0 fully saturated rings. The van der Waals surface area contributed by atoms with Crippen LogP contribution in [0.15, 0.2) is 53.3 Å². The first kappa shape index (κ1) is 21.3. The summed E-state index contributed by atoms with van der Waals surface area (Å²) in [6, 6.07) is 13.8. The molecule has 154 valence electrons. The number of halogens is 1. The van der Waals surface area contributed by atoms with E-state index < -0.39 is 17.2 Å². The topological polar surface area (TPSA) is 93.1 Å². The number of hydrogen-bond donors (Lipinski definition) is 2. The van der Waals surface area contributed by atoms with Crippen molar-refractivity contribution in [1.82, 2.24) is 15.1 Å². The molecule has 0 atom stereocenters. The van der Waals surface area contributed by atoms with Crippen LogP contribution in [-0.4, -0.2) is 28.1 Å². The lowest BCUT2D eigenvalue weighted by atomic mass is 10.1. The molecule has 1 heterocycles. The molecule has 0 saturated carbocycles. The van der Waals surface area contributed by atoms with Gasteiger partial charge in [-0.15, -0.1) is 0 Å². The average molecular weight is 425 g/mol. The van der Waals surface area contributed by atoms with Crippen LogP contribution in [0, 0.1) is 20.8 Å². The first-order chi connectivity index (χ1) is 14.3. The second-order valence-electron chi connectivity index (χ2n) is 6.84. The molecule has 30 heavy (non-hydrogen) atoms. The van der Waals surface area contributed by atoms with Gasteiger partial charge in [0.2, 0.25) is 11.3 Å². The van der Waals surface area contributed by atoms with E-state index in [-0.39, 0.29) is 12.2 Å². The second kappa shape index (κ2) is 8.92. The lowest BCUT2D eigenvalue weighted by Crippen LogP contribution is -2.37. The van der Waals surface area contributed by atoms with Crippen LogP contribution in [0.3, 0.4) is 0 Å². The fraction of sp³-hybridized carbons (Fsp3) is 0.182. The molecule has 0 saturated heterocycles. The number of nitrogens with one attached hydrogen (secondary N) is 2. The minimum absolute atomic E-state index is 0.298. The van der Waals surface area contributed by atoms with Gasteiger partial charge in [-0.25, -0.2) is 4.68 Å². The lowest BCUT2D eigenvalue weighted by Gasteiger charge is -2.13. The molecule has 0 unspecified atom stereocenters. The Morgan fingerprint density at radius 3 is 2.53 bits per heavy atom. The Hall–Kier alpha value is -3.45. The molecule has 0 aliphatic heterocycles. The van der Waals surface area contributed by atoms with Gasteiger partial charge in [-0.1, -0.05) is 35.9 Å². The Balaban J connectivity index is 1.76. The van der Waals surface area contributed by atoms with E-state index in [0.717, 1.165) is 11.1 Å². The second-order valence-corrected chi connectivity index (χ2v) is 7.25. The fourth-order valence-corrected chi connectivity index (χ4v) is 3.11. The molecule has 0 aliphatic rings. The average Bonchev–Trinajstić information content (AvgIpc) is 2.70. The quantitative estimate of drug-likeness (QED) is 0.657. The standard InChI is InChI=1S/C22H21ClN4O3/c1-13-7-6-9-17(15(13)3)25-20(29)12-24-22(30)21-19(28)11-14(2)27(26-21)18-10-5-4-8-16(18)23/h4-11H,12H2,1-3H3,(H,24,30)(H,25,29). The summed E-state index contributed by atoms with van der Waals surface area (Å²) in [5.41, 5.74) is 2.86. The summed E-state index contributed by atoms with van der Waals surface area (Å²) in [6.45, 7) is 5.24. The molecule has 0 aliphatic carbocycles. The van der Waals surface area contributed by atoms with Crippen LogP contribution in [0.1, 0.15) is 27.3 Å². The van der Waals surface area contributed by atoms with E-state index in [4.69, 9.17) is 11.6 Å². The van der Waals surface area contributed by atoms with E-state index in [1.54, 1.807) is 37.3 Å². The number of rotatable bonds is 5. The zero-order chi connectivity index (χ0) is 21.8. The van der Waals surface area contributed by atoms with Gasteiger partial charge < -0.3 is 10.6 Å². The normalized spacial score (nSPS) is 10.5. The van der Waals surface area contributed by atoms with Crippen molar-refractivity contribution in [2.24, 2.45) is 0 Å². The molecule has 2 aromatic carbocycles. The summed E-state index contributed by atoms with van der Waals surface area (Å²) in [7, 11) is 0. The van der Waals surface area contributed by atoms with Crippen molar-refractivity contribution in [2.45, 2.75) is 20.8 Å². The maximum Gasteiger partial charge on any atom is 0.276 e. The summed E-state index contributed by atoms with van der Waals surface area (Å²) in [4.78, 5) is 37.1. The predicted molar refractivity (Wildman–Crippen MR) is 116 cm³/mol. The summed E-state index contributed by atoms with van der Waals surface area (Å²) in [6.07, 6.45) is 0. The fourth-order valence-electron chi connectivity index (χ4n) is 2.90. The van der Waals surface area contributed by atoms with E-state index in [9.17, 15) is 14.4 Å². The van der Waals surface area contributed by atoms with Gasteiger partial charge in [0, 0.05) is 17.4 Å². The van der Waals surface area contributed by atoms with Crippen LogP contribution >= 0.6 is 11.6 Å². The van der Waals surface area contributed by atoms with Gasteiger partial charge in [0.05, 0.1) is 17.3 Å². The third-order valence-electron chi connectivity index (χ3n) is 4.69. The van der Waals surface area contributed by atoms with Gasteiger partial charge >= 0.3 is 0 Å². The Kier molecular flexibility index (Phi) is 6.32. The van der Waals surface area contributed by atoms with Gasteiger partial charge in [0.1, 0.15) is 0 Å². The molecule has 0 spiro atoms. The zero-order valence-electron chi connectivity index (χ0n) is 16.8. The highest BCUT2D eigenvalue weighted by Crippen LogP contribution is 2.20. The summed E-state index contributed by atoms with van der Waals surface area (Å²) in [5.74, 6) is -1.15. The number of hydrogen-bond acceptors (Lipinski definition) is 4. The van der Waals surface area contributed by atoms with Crippen LogP contribution in [-0.2, 0) is 4.79 Å².